The molecule has 1 unspecified atom stereocenters. The van der Waals surface area contributed by atoms with Gasteiger partial charge in [0.1, 0.15) is 27.5 Å². The number of hydrogen-bond acceptors (Lipinski definition) is 5. The summed E-state index contributed by atoms with van der Waals surface area (Å²) in [6.45, 7) is 1.45. The minimum atomic E-state index is -4.83. The summed E-state index contributed by atoms with van der Waals surface area (Å²) in [6.07, 6.45) is -4.63. The topological polar surface area (TPSA) is 88.6 Å². The van der Waals surface area contributed by atoms with Gasteiger partial charge in [0.2, 0.25) is 11.8 Å². The van der Waals surface area contributed by atoms with Gasteiger partial charge in [0.15, 0.2) is 5.78 Å². The van der Waals surface area contributed by atoms with E-state index in [4.69, 9.17) is 23.2 Å². The second-order valence-corrected chi connectivity index (χ2v) is 9.07. The molecule has 4 rings (SSSR count). The van der Waals surface area contributed by atoms with E-state index in [2.05, 4.69) is 15.0 Å². The van der Waals surface area contributed by atoms with Gasteiger partial charge in [-0.1, -0.05) is 35.3 Å². The zero-order valence-corrected chi connectivity index (χ0v) is 19.2. The Morgan fingerprint density at radius 2 is 1.82 bits per heavy atom. The molecule has 0 spiro atoms. The van der Waals surface area contributed by atoms with Crippen LogP contribution in [-0.2, 0) is 20.8 Å². The number of nitrogens with zero attached hydrogens (tertiary/aromatic N) is 2. The van der Waals surface area contributed by atoms with Crippen molar-refractivity contribution < 1.29 is 32.3 Å². The lowest BCUT2D eigenvalue weighted by Gasteiger charge is -2.30. The van der Waals surface area contributed by atoms with Crippen LogP contribution in [0.5, 0.6) is 5.75 Å². The normalized spacial score (nSPS) is 24.4. The average molecular weight is 516 g/mol. The number of nitrogens with one attached hydrogen (secondary N) is 1. The van der Waals surface area contributed by atoms with Crippen molar-refractivity contribution in [2.45, 2.75) is 43.6 Å². The highest BCUT2D eigenvalue weighted by Crippen LogP contribution is 2.46. The largest absolute Gasteiger partial charge is 0.573 e. The van der Waals surface area contributed by atoms with Crippen LogP contribution >= 0.6 is 23.2 Å². The van der Waals surface area contributed by atoms with Gasteiger partial charge in [0.25, 0.3) is 0 Å². The van der Waals surface area contributed by atoms with Crippen LogP contribution in [0.25, 0.3) is 0 Å². The maximum atomic E-state index is 13.8. The number of benzene rings is 1. The van der Waals surface area contributed by atoms with Crippen LogP contribution in [0.15, 0.2) is 36.4 Å². The smallest absolute Gasteiger partial charge is 0.406 e. The van der Waals surface area contributed by atoms with E-state index >= 15 is 0 Å². The first-order valence-electron chi connectivity index (χ1n) is 10.2. The number of fused-ring (bicyclic) bond motifs is 1. The predicted molar refractivity (Wildman–Crippen MR) is 115 cm³/mol. The number of aromatic nitrogens is 1. The molecule has 34 heavy (non-hydrogen) atoms. The van der Waals surface area contributed by atoms with Gasteiger partial charge in [-0.05, 0) is 35.4 Å². The Hall–Kier alpha value is -2.85. The summed E-state index contributed by atoms with van der Waals surface area (Å²) in [5.74, 6) is -2.74. The van der Waals surface area contributed by atoms with Gasteiger partial charge < -0.3 is 15.0 Å². The fourth-order valence-corrected chi connectivity index (χ4v) is 5.26. The lowest BCUT2D eigenvalue weighted by molar-refractivity contribution is -0.274. The number of Topliss-reactive ketones (excluding diaryl/α,β-unsaturated/α-hetero) is 1. The van der Waals surface area contributed by atoms with Crippen LogP contribution in [0, 0.1) is 0 Å². The lowest BCUT2D eigenvalue weighted by Crippen LogP contribution is -2.46. The van der Waals surface area contributed by atoms with E-state index in [0.29, 0.717) is 11.1 Å². The molecule has 0 aliphatic carbocycles. The van der Waals surface area contributed by atoms with Crippen LogP contribution < -0.4 is 10.1 Å². The van der Waals surface area contributed by atoms with E-state index in [1.165, 1.54) is 36.1 Å². The number of rotatable bonds is 5. The van der Waals surface area contributed by atoms with Crippen LogP contribution in [-0.4, -0.2) is 52.0 Å². The molecule has 3 atom stereocenters. The van der Waals surface area contributed by atoms with Gasteiger partial charge in [-0.15, -0.1) is 13.2 Å². The Balaban J connectivity index is 1.69. The van der Waals surface area contributed by atoms with Gasteiger partial charge in [0.05, 0.1) is 0 Å². The first-order chi connectivity index (χ1) is 15.9. The molecule has 0 saturated carbocycles. The highest BCUT2D eigenvalue weighted by Gasteiger charge is 2.62. The second-order valence-electron chi connectivity index (χ2n) is 8.29. The number of pyridine rings is 1. The molecule has 2 saturated heterocycles. The van der Waals surface area contributed by atoms with Gasteiger partial charge in [-0.2, -0.15) is 0 Å². The molecule has 2 fully saturated rings. The summed E-state index contributed by atoms with van der Waals surface area (Å²) < 4.78 is 41.3. The molecule has 2 amide bonds. The predicted octanol–water partition coefficient (Wildman–Crippen LogP) is 3.67. The Labute approximate surface area is 202 Å². The average Bonchev–Trinajstić information content (AvgIpc) is 3.14. The van der Waals surface area contributed by atoms with Crippen molar-refractivity contribution in [2.75, 3.05) is 6.54 Å². The molecule has 1 N–H and O–H groups in total. The van der Waals surface area contributed by atoms with Crippen molar-refractivity contribution in [3.63, 3.8) is 0 Å². The molecule has 0 radical (unpaired) electrons. The number of ether oxygens (including phenoxy) is 1. The molecule has 2 aliphatic heterocycles. The van der Waals surface area contributed by atoms with Crippen molar-refractivity contribution in [1.29, 1.82) is 0 Å². The van der Waals surface area contributed by atoms with E-state index in [1.807, 2.05) is 0 Å². The van der Waals surface area contributed by atoms with Crippen LogP contribution in [0.3, 0.4) is 0 Å². The maximum Gasteiger partial charge on any atom is 0.573 e. The Morgan fingerprint density at radius 1 is 1.21 bits per heavy atom. The zero-order chi connectivity index (χ0) is 24.8. The van der Waals surface area contributed by atoms with E-state index in [9.17, 15) is 27.6 Å². The number of hydrogen-bond donors (Lipinski definition) is 1. The molecule has 180 valence electrons. The molecule has 12 heteroatoms. The van der Waals surface area contributed by atoms with E-state index < -0.39 is 41.3 Å². The summed E-state index contributed by atoms with van der Waals surface area (Å²) in [6, 6.07) is 7.45. The maximum absolute atomic E-state index is 13.8. The van der Waals surface area contributed by atoms with Crippen LogP contribution in [0.1, 0.15) is 30.4 Å². The third-order valence-corrected chi connectivity index (χ3v) is 6.30. The number of amides is 2. The van der Waals surface area contributed by atoms with E-state index in [-0.39, 0.29) is 35.6 Å². The fourth-order valence-electron chi connectivity index (χ4n) is 4.78. The van der Waals surface area contributed by atoms with E-state index in [1.54, 1.807) is 0 Å². The highest BCUT2D eigenvalue weighted by molar-refractivity contribution is 6.32. The number of ketones is 1. The van der Waals surface area contributed by atoms with Crippen molar-refractivity contribution in [3.05, 3.63) is 57.8 Å². The van der Waals surface area contributed by atoms with E-state index in [0.717, 1.165) is 12.1 Å². The number of carbonyl (C=O) groups is 3. The molecule has 7 nitrogen and oxygen atoms in total. The summed E-state index contributed by atoms with van der Waals surface area (Å²) in [5.41, 5.74) is -0.474. The lowest BCUT2D eigenvalue weighted by atomic mass is 9.80. The third kappa shape index (κ3) is 4.69. The standard InChI is InChI=1S/C22H18Cl2F3N3O4/c1-11(31)28-14-9-21(8-12-2-4-15(5-3-12)34-22(25,26)27)19(32)18(20(33)30(21)10-14)13-6-16(23)29-17(24)7-13/h2-7,14,18H,8-10H2,1H3,(H,28,31)/t14-,18?,21+/m0/s1. The number of halogens is 5. The zero-order valence-electron chi connectivity index (χ0n) is 17.7. The molecule has 2 aliphatic rings. The SMILES string of the molecule is CC(=O)N[C@@H]1CN2C(=O)C(c3cc(Cl)nc(Cl)c3)C(=O)[C@@]2(Cc2ccc(OC(F)(F)F)cc2)C1. The van der Waals surface area contributed by atoms with Gasteiger partial charge in [-0.25, -0.2) is 4.98 Å². The summed E-state index contributed by atoms with van der Waals surface area (Å²) >= 11 is 12.0. The molecule has 1 aromatic carbocycles. The van der Waals surface area contributed by atoms with Gasteiger partial charge >= 0.3 is 6.36 Å². The number of alkyl halides is 3. The Morgan fingerprint density at radius 3 is 2.38 bits per heavy atom. The van der Waals surface area contributed by atoms with Crippen molar-refractivity contribution in [1.82, 2.24) is 15.2 Å². The van der Waals surface area contributed by atoms with Crippen molar-refractivity contribution >= 4 is 40.8 Å². The fraction of sp³-hybridized carbons (Fsp3) is 0.364. The van der Waals surface area contributed by atoms with Crippen LogP contribution in [0.2, 0.25) is 10.3 Å². The first-order valence-corrected chi connectivity index (χ1v) is 10.9. The molecule has 2 aromatic rings. The highest BCUT2D eigenvalue weighted by atomic mass is 35.5. The molecule has 0 bridgehead atoms. The quantitative estimate of drug-likeness (QED) is 0.484. The van der Waals surface area contributed by atoms with Crippen LogP contribution in [0.4, 0.5) is 13.2 Å². The van der Waals surface area contributed by atoms with Crippen molar-refractivity contribution in [2.24, 2.45) is 0 Å². The minimum Gasteiger partial charge on any atom is -0.406 e. The number of carbonyl (C=O) groups excluding carboxylic acids is 3. The first kappa shape index (κ1) is 24.3. The summed E-state index contributed by atoms with van der Waals surface area (Å²) in [4.78, 5) is 44.1. The van der Waals surface area contributed by atoms with Gasteiger partial charge in [0, 0.05) is 32.4 Å². The molecular weight excluding hydrogens is 498 g/mol. The van der Waals surface area contributed by atoms with Gasteiger partial charge in [-0.3, -0.25) is 14.4 Å². The molecule has 1 aromatic heterocycles. The minimum absolute atomic E-state index is 0.0283. The monoisotopic (exact) mass is 515 g/mol. The third-order valence-electron chi connectivity index (χ3n) is 5.92. The van der Waals surface area contributed by atoms with Crippen molar-refractivity contribution in [3.8, 4) is 5.75 Å². The Kier molecular flexibility index (Phi) is 6.24. The summed E-state index contributed by atoms with van der Waals surface area (Å²) in [5, 5.41) is 2.80. The summed E-state index contributed by atoms with van der Waals surface area (Å²) in [7, 11) is 0. The Bertz CT molecular complexity index is 1140. The molecular formula is C22H18Cl2F3N3O4. The second kappa shape index (κ2) is 8.74. The molecule has 3 heterocycles.